The largest absolute Gasteiger partial charge is 0.444 e. The summed E-state index contributed by atoms with van der Waals surface area (Å²) in [6.45, 7) is 7.12. The number of fused-ring (bicyclic) bond motifs is 2. The molecule has 0 radical (unpaired) electrons. The number of hydrogen-bond donors (Lipinski definition) is 1. The van der Waals surface area contributed by atoms with Crippen LogP contribution in [0.3, 0.4) is 0 Å². The zero-order valence-electron chi connectivity index (χ0n) is 25.9. The van der Waals surface area contributed by atoms with E-state index in [4.69, 9.17) is 14.2 Å². The Morgan fingerprint density at radius 1 is 1.20 bits per heavy atom. The molecule has 13 heteroatoms. The van der Waals surface area contributed by atoms with Crippen molar-refractivity contribution in [3.63, 3.8) is 0 Å². The molecule has 1 N–H and O–H groups in total. The van der Waals surface area contributed by atoms with Crippen LogP contribution in [0, 0.1) is 23.2 Å². The molecule has 3 amide bonds. The van der Waals surface area contributed by atoms with Gasteiger partial charge in [-0.15, -0.1) is 0 Å². The molecule has 4 heterocycles. The highest BCUT2D eigenvalue weighted by Gasteiger charge is 2.59. The molecule has 44 heavy (non-hydrogen) atoms. The van der Waals surface area contributed by atoms with Crippen LogP contribution in [0.5, 0.6) is 0 Å². The minimum atomic E-state index is -4.53. The molecule has 10 nitrogen and oxygen atoms in total. The lowest BCUT2D eigenvalue weighted by Crippen LogP contribution is -2.49. The zero-order chi connectivity index (χ0) is 31.9. The molecule has 5 rings (SSSR count). The van der Waals surface area contributed by atoms with Crippen LogP contribution in [-0.2, 0) is 42.9 Å². The molecule has 1 aromatic heterocycles. The van der Waals surface area contributed by atoms with Crippen molar-refractivity contribution < 1.29 is 41.8 Å². The van der Waals surface area contributed by atoms with Crippen LogP contribution >= 0.6 is 0 Å². The van der Waals surface area contributed by atoms with E-state index in [9.17, 15) is 27.6 Å². The predicted molar refractivity (Wildman–Crippen MR) is 152 cm³/mol. The minimum Gasteiger partial charge on any atom is -0.444 e. The van der Waals surface area contributed by atoms with Crippen LogP contribution < -0.4 is 5.32 Å². The molecule has 0 aromatic carbocycles. The Morgan fingerprint density at radius 2 is 1.98 bits per heavy atom. The summed E-state index contributed by atoms with van der Waals surface area (Å²) in [6.07, 6.45) is -0.931. The summed E-state index contributed by atoms with van der Waals surface area (Å²) in [5.41, 5.74) is -1.42. The maximum atomic E-state index is 14.5. The van der Waals surface area contributed by atoms with E-state index in [-0.39, 0.29) is 49.4 Å². The highest BCUT2D eigenvalue weighted by molar-refractivity contribution is 5.88. The van der Waals surface area contributed by atoms with E-state index in [1.54, 1.807) is 37.7 Å². The van der Waals surface area contributed by atoms with E-state index in [1.807, 2.05) is 0 Å². The molecule has 5 atom stereocenters. The number of hydrogen-bond acceptors (Lipinski definition) is 7. The van der Waals surface area contributed by atoms with Crippen molar-refractivity contribution in [1.29, 1.82) is 0 Å². The maximum absolute atomic E-state index is 14.5. The van der Waals surface area contributed by atoms with Gasteiger partial charge in [-0.3, -0.25) is 14.6 Å². The fourth-order valence-corrected chi connectivity index (χ4v) is 7.56. The first-order chi connectivity index (χ1) is 20.7. The number of alkyl carbamates (subject to hydrolysis) is 1. The second-order valence-electron chi connectivity index (χ2n) is 13.7. The normalized spacial score (nSPS) is 28.8. The Morgan fingerprint density at radius 3 is 2.68 bits per heavy atom. The third-order valence-corrected chi connectivity index (χ3v) is 9.56. The van der Waals surface area contributed by atoms with Crippen molar-refractivity contribution in [2.45, 2.75) is 77.3 Å². The van der Waals surface area contributed by atoms with Gasteiger partial charge in [-0.1, -0.05) is 0 Å². The molecule has 0 bridgehead atoms. The smallest absolute Gasteiger partial charge is 0.417 e. The van der Waals surface area contributed by atoms with Crippen LogP contribution in [0.2, 0.25) is 0 Å². The van der Waals surface area contributed by atoms with Crippen LogP contribution in [0.1, 0.15) is 63.3 Å². The number of methoxy groups -OCH3 is 1. The van der Waals surface area contributed by atoms with E-state index in [0.717, 1.165) is 31.5 Å². The van der Waals surface area contributed by atoms with E-state index >= 15 is 0 Å². The van der Waals surface area contributed by atoms with Gasteiger partial charge >= 0.3 is 12.3 Å². The third kappa shape index (κ3) is 6.98. The van der Waals surface area contributed by atoms with Gasteiger partial charge in [0.15, 0.2) is 0 Å². The summed E-state index contributed by atoms with van der Waals surface area (Å²) in [4.78, 5) is 47.2. The second kappa shape index (κ2) is 12.5. The standard InChI is InChI=1S/C31H43F3N4O6/c1-29(2,3)44-28(41)36-14-26(39)38-16-23-10-19(9-20-6-8-43-17-25(20)42-4)12-30(23,18-38)27(40)37-7-5-24-21(15-37)11-22(13-35-24)31(32,33)34/h11,13,19-20,23,25H,5-10,12,14-18H2,1-4H3,(H,36,41)/t19-,20?,23+,25?,30+/m1/s1. The molecule has 244 valence electrons. The van der Waals surface area contributed by atoms with Crippen molar-refractivity contribution in [2.24, 2.45) is 23.2 Å². The summed E-state index contributed by atoms with van der Waals surface area (Å²) in [5, 5.41) is 2.52. The molecule has 1 saturated carbocycles. The third-order valence-electron chi connectivity index (χ3n) is 9.56. The molecule has 3 aliphatic heterocycles. The molecule has 2 saturated heterocycles. The van der Waals surface area contributed by atoms with Crippen LogP contribution in [0.4, 0.5) is 18.0 Å². The SMILES string of the molecule is COC1COCCC1C[C@@H]1C[C@H]2CN(C(=O)CNC(=O)OC(C)(C)C)C[C@@]2(C(=O)N2CCc3ncc(C(F)(F)F)cc3C2)C1. The van der Waals surface area contributed by atoms with Gasteiger partial charge in [0.25, 0.3) is 0 Å². The molecule has 3 fully saturated rings. The summed E-state index contributed by atoms with van der Waals surface area (Å²) >= 11 is 0. The molecule has 1 aromatic rings. The average Bonchev–Trinajstić information content (AvgIpc) is 3.49. The van der Waals surface area contributed by atoms with E-state index in [0.29, 0.717) is 56.3 Å². The lowest BCUT2D eigenvalue weighted by Gasteiger charge is -2.37. The number of rotatable bonds is 6. The number of nitrogens with one attached hydrogen (secondary N) is 1. The quantitative estimate of drug-likeness (QED) is 0.513. The number of aromatic nitrogens is 1. The topological polar surface area (TPSA) is 110 Å². The van der Waals surface area contributed by atoms with Crippen LogP contribution in [0.25, 0.3) is 0 Å². The fraction of sp³-hybridized carbons (Fsp3) is 0.742. The van der Waals surface area contributed by atoms with Gasteiger partial charge in [0, 0.05) is 58.2 Å². The summed E-state index contributed by atoms with van der Waals surface area (Å²) in [7, 11) is 1.68. The van der Waals surface area contributed by atoms with Gasteiger partial charge in [-0.05, 0) is 75.8 Å². The molecule has 4 aliphatic rings. The molecule has 2 unspecified atom stereocenters. The number of alkyl halides is 3. The Hall–Kier alpha value is -2.93. The van der Waals surface area contributed by atoms with Gasteiger partial charge in [0.05, 0.1) is 23.7 Å². The van der Waals surface area contributed by atoms with Crippen molar-refractivity contribution in [3.05, 3.63) is 29.1 Å². The second-order valence-corrected chi connectivity index (χ2v) is 13.7. The number of amides is 3. The van der Waals surface area contributed by atoms with Crippen molar-refractivity contribution in [2.75, 3.05) is 46.5 Å². The van der Waals surface area contributed by atoms with Gasteiger partial charge in [0.2, 0.25) is 11.8 Å². The summed E-state index contributed by atoms with van der Waals surface area (Å²) < 4.78 is 56.8. The van der Waals surface area contributed by atoms with E-state index < -0.39 is 28.8 Å². The lowest BCUT2D eigenvalue weighted by atomic mass is 9.78. The van der Waals surface area contributed by atoms with Crippen molar-refractivity contribution in [1.82, 2.24) is 20.1 Å². The van der Waals surface area contributed by atoms with Crippen LogP contribution in [0.15, 0.2) is 12.3 Å². The number of likely N-dealkylation sites (tertiary alicyclic amines) is 1. The first-order valence-corrected chi connectivity index (χ1v) is 15.4. The Labute approximate surface area is 256 Å². The fourth-order valence-electron chi connectivity index (χ4n) is 7.56. The average molecular weight is 625 g/mol. The van der Waals surface area contributed by atoms with Crippen LogP contribution in [-0.4, -0.2) is 90.9 Å². The molecule has 1 aliphatic carbocycles. The number of carbonyl (C=O) groups excluding carboxylic acids is 3. The number of halogens is 3. The minimum absolute atomic E-state index is 0.0122. The number of pyridine rings is 1. The van der Waals surface area contributed by atoms with E-state index in [2.05, 4.69) is 10.3 Å². The monoisotopic (exact) mass is 624 g/mol. The highest BCUT2D eigenvalue weighted by Crippen LogP contribution is 2.54. The molecular formula is C31H43F3N4O6. The van der Waals surface area contributed by atoms with E-state index in [1.165, 1.54) is 0 Å². The van der Waals surface area contributed by atoms with Crippen molar-refractivity contribution in [3.8, 4) is 0 Å². The van der Waals surface area contributed by atoms with Crippen molar-refractivity contribution >= 4 is 17.9 Å². The maximum Gasteiger partial charge on any atom is 0.417 e. The Balaban J connectivity index is 1.33. The zero-order valence-corrected chi connectivity index (χ0v) is 25.9. The lowest BCUT2D eigenvalue weighted by molar-refractivity contribution is -0.144. The first-order valence-electron chi connectivity index (χ1n) is 15.4. The molecule has 0 spiro atoms. The molecular weight excluding hydrogens is 581 g/mol. The van der Waals surface area contributed by atoms with Gasteiger partial charge in [-0.2, -0.15) is 13.2 Å². The summed E-state index contributed by atoms with van der Waals surface area (Å²) in [6, 6.07) is 1.09. The number of ether oxygens (including phenoxy) is 3. The summed E-state index contributed by atoms with van der Waals surface area (Å²) in [5.74, 6) is -0.00131. The Bertz CT molecular complexity index is 1250. The predicted octanol–water partition coefficient (Wildman–Crippen LogP) is 3.81. The van der Waals surface area contributed by atoms with Gasteiger partial charge < -0.3 is 29.3 Å². The number of nitrogens with zero attached hydrogens (tertiary/aromatic N) is 3. The first kappa shape index (κ1) is 32.5. The number of carbonyl (C=O) groups is 3. The Kier molecular flexibility index (Phi) is 9.19. The van der Waals surface area contributed by atoms with Gasteiger partial charge in [0.1, 0.15) is 12.1 Å². The van der Waals surface area contributed by atoms with Gasteiger partial charge in [-0.25, -0.2) is 4.79 Å². The highest BCUT2D eigenvalue weighted by atomic mass is 19.4.